The molecule has 0 aromatic carbocycles. The van der Waals surface area contributed by atoms with Gasteiger partial charge in [-0.05, 0) is 54.1 Å². The molecule has 0 bridgehead atoms. The molecule has 1 aliphatic carbocycles. The van der Waals surface area contributed by atoms with E-state index < -0.39 is 0 Å². The fourth-order valence-corrected chi connectivity index (χ4v) is 2.64. The van der Waals surface area contributed by atoms with Crippen LogP contribution in [0, 0.1) is 6.92 Å². The van der Waals surface area contributed by atoms with Crippen molar-refractivity contribution in [2.24, 2.45) is 0 Å². The van der Waals surface area contributed by atoms with Crippen LogP contribution in [0.25, 0.3) is 0 Å². The number of pyridine rings is 1. The van der Waals surface area contributed by atoms with E-state index in [-0.39, 0.29) is 11.8 Å². The van der Waals surface area contributed by atoms with Crippen molar-refractivity contribution in [2.75, 3.05) is 11.2 Å². The zero-order valence-corrected chi connectivity index (χ0v) is 12.0. The highest BCUT2D eigenvalue weighted by atomic mass is 79.9. The molecule has 92 valence electrons. The predicted molar refractivity (Wildman–Crippen MR) is 72.7 cm³/mol. The highest BCUT2D eigenvalue weighted by Crippen LogP contribution is 2.34. The maximum absolute atomic E-state index is 11.4. The predicted octanol–water partition coefficient (Wildman–Crippen LogP) is 3.21. The molecule has 0 aliphatic heterocycles. The summed E-state index contributed by atoms with van der Waals surface area (Å²) in [7, 11) is 0. The third-order valence-corrected chi connectivity index (χ3v) is 4.18. The second-order valence-corrected chi connectivity index (χ2v) is 5.26. The lowest BCUT2D eigenvalue weighted by molar-refractivity contribution is -0.113. The Morgan fingerprint density at radius 1 is 1.47 bits per heavy atom. The number of nitrogens with zero attached hydrogens (tertiary/aromatic N) is 1. The van der Waals surface area contributed by atoms with Crippen molar-refractivity contribution < 1.29 is 4.79 Å². The number of fused-ring (bicyclic) bond motifs is 1. The molecule has 0 atom stereocenters. The van der Waals surface area contributed by atoms with Crippen LogP contribution in [-0.2, 0) is 17.6 Å². The van der Waals surface area contributed by atoms with E-state index in [1.807, 2.05) is 6.92 Å². The van der Waals surface area contributed by atoms with E-state index in [0.29, 0.717) is 0 Å². The van der Waals surface area contributed by atoms with Gasteiger partial charge in [-0.1, -0.05) is 0 Å². The minimum atomic E-state index is -0.175. The molecule has 1 aliphatic rings. The summed E-state index contributed by atoms with van der Waals surface area (Å²) in [5.41, 5.74) is 4.04. The lowest BCUT2D eigenvalue weighted by Gasteiger charge is -2.21. The van der Waals surface area contributed by atoms with Crippen molar-refractivity contribution in [3.63, 3.8) is 0 Å². The molecule has 1 heterocycles. The summed E-state index contributed by atoms with van der Waals surface area (Å²) in [5, 5.41) is 2.87. The summed E-state index contributed by atoms with van der Waals surface area (Å²) in [6.07, 6.45) is 4.28. The second-order valence-electron chi connectivity index (χ2n) is 4.20. The van der Waals surface area contributed by atoms with Crippen molar-refractivity contribution in [1.29, 1.82) is 0 Å². The Hall–Kier alpha value is -0.610. The smallest absolute Gasteiger partial charge is 0.239 e. The number of carbonyl (C=O) groups excluding carboxylic acids is 1. The number of rotatable bonds is 2. The highest BCUT2D eigenvalue weighted by Gasteiger charge is 2.20. The molecule has 0 radical (unpaired) electrons. The molecule has 1 aromatic rings. The first-order chi connectivity index (χ1) is 8.13. The molecule has 1 amide bonds. The van der Waals surface area contributed by atoms with E-state index in [9.17, 15) is 4.79 Å². The second kappa shape index (κ2) is 5.36. The van der Waals surface area contributed by atoms with Gasteiger partial charge in [-0.15, -0.1) is 11.6 Å². The zero-order chi connectivity index (χ0) is 12.4. The van der Waals surface area contributed by atoms with Gasteiger partial charge in [0.2, 0.25) is 5.91 Å². The number of aryl methyl sites for hydroxylation is 2. The topological polar surface area (TPSA) is 42.0 Å². The summed E-state index contributed by atoms with van der Waals surface area (Å²) in [6, 6.07) is 0. The van der Waals surface area contributed by atoms with Gasteiger partial charge in [-0.25, -0.2) is 0 Å². The molecule has 0 fully saturated rings. The number of halogens is 2. The van der Waals surface area contributed by atoms with E-state index in [0.717, 1.165) is 46.4 Å². The van der Waals surface area contributed by atoms with Crippen LogP contribution >= 0.6 is 27.5 Å². The number of nitrogens with one attached hydrogen (secondary N) is 1. The SMILES string of the molecule is Cc1nc2c(c(NC(=O)CCl)c1Br)CCCC2. The summed E-state index contributed by atoms with van der Waals surface area (Å²) in [6.45, 7) is 1.94. The molecule has 0 spiro atoms. The average molecular weight is 318 g/mol. The fraction of sp³-hybridized carbons (Fsp3) is 0.500. The van der Waals surface area contributed by atoms with Gasteiger partial charge in [0.1, 0.15) is 5.88 Å². The van der Waals surface area contributed by atoms with E-state index in [2.05, 4.69) is 26.2 Å². The summed E-state index contributed by atoms with van der Waals surface area (Å²) < 4.78 is 0.872. The average Bonchev–Trinajstić information content (AvgIpc) is 2.34. The lowest BCUT2D eigenvalue weighted by atomic mass is 9.94. The summed E-state index contributed by atoms with van der Waals surface area (Å²) in [5.74, 6) is -0.200. The van der Waals surface area contributed by atoms with Crippen LogP contribution in [0.2, 0.25) is 0 Å². The molecule has 5 heteroatoms. The molecule has 0 saturated heterocycles. The van der Waals surface area contributed by atoms with Gasteiger partial charge >= 0.3 is 0 Å². The van der Waals surface area contributed by atoms with E-state index in [1.165, 1.54) is 6.42 Å². The Kier molecular flexibility index (Phi) is 4.05. The van der Waals surface area contributed by atoms with Gasteiger partial charge in [0.15, 0.2) is 0 Å². The van der Waals surface area contributed by atoms with Crippen LogP contribution in [-0.4, -0.2) is 16.8 Å². The quantitative estimate of drug-likeness (QED) is 0.851. The van der Waals surface area contributed by atoms with Gasteiger partial charge in [0, 0.05) is 5.69 Å². The number of amides is 1. The largest absolute Gasteiger partial charge is 0.324 e. The van der Waals surface area contributed by atoms with E-state index in [1.54, 1.807) is 0 Å². The van der Waals surface area contributed by atoms with E-state index in [4.69, 9.17) is 11.6 Å². The lowest BCUT2D eigenvalue weighted by Crippen LogP contribution is -2.18. The molecule has 1 aromatic heterocycles. The molecule has 1 N–H and O–H groups in total. The molecule has 2 rings (SSSR count). The van der Waals surface area contributed by atoms with Gasteiger partial charge < -0.3 is 5.32 Å². The standard InChI is InChI=1S/C12H14BrClN2O/c1-7-11(13)12(16-10(17)6-14)8-4-2-3-5-9(8)15-7/h2-6H2,1H3,(H,15,16,17). The van der Waals surface area contributed by atoms with Crippen LogP contribution < -0.4 is 5.32 Å². The number of hydrogen-bond donors (Lipinski definition) is 1. The van der Waals surface area contributed by atoms with Crippen molar-refractivity contribution in [2.45, 2.75) is 32.6 Å². The van der Waals surface area contributed by atoms with Gasteiger partial charge in [0.05, 0.1) is 15.9 Å². The molecule has 17 heavy (non-hydrogen) atoms. The minimum absolute atomic E-state index is 0.0252. The highest BCUT2D eigenvalue weighted by molar-refractivity contribution is 9.10. The molecule has 0 unspecified atom stereocenters. The number of aromatic nitrogens is 1. The Bertz CT molecular complexity index is 462. The first-order valence-corrected chi connectivity index (χ1v) is 7.00. The third-order valence-electron chi connectivity index (χ3n) is 2.97. The Labute approximate surface area is 114 Å². The number of hydrogen-bond acceptors (Lipinski definition) is 2. The Balaban J connectivity index is 2.47. The van der Waals surface area contributed by atoms with Gasteiger partial charge in [0.25, 0.3) is 0 Å². The van der Waals surface area contributed by atoms with Crippen molar-refractivity contribution in [1.82, 2.24) is 4.98 Å². The first-order valence-electron chi connectivity index (χ1n) is 5.67. The van der Waals surface area contributed by atoms with Crippen LogP contribution in [0.15, 0.2) is 4.47 Å². The number of carbonyl (C=O) groups is 1. The van der Waals surface area contributed by atoms with Crippen LogP contribution in [0.3, 0.4) is 0 Å². The normalized spacial score (nSPS) is 14.3. The Morgan fingerprint density at radius 2 is 2.18 bits per heavy atom. The maximum atomic E-state index is 11.4. The van der Waals surface area contributed by atoms with Gasteiger partial charge in [-0.2, -0.15) is 0 Å². The summed E-state index contributed by atoms with van der Waals surface area (Å²) in [4.78, 5) is 16.0. The Morgan fingerprint density at radius 3 is 2.88 bits per heavy atom. The van der Waals surface area contributed by atoms with E-state index >= 15 is 0 Å². The molecular weight excluding hydrogens is 304 g/mol. The monoisotopic (exact) mass is 316 g/mol. The van der Waals surface area contributed by atoms with Crippen molar-refractivity contribution in [3.8, 4) is 0 Å². The maximum Gasteiger partial charge on any atom is 0.239 e. The van der Waals surface area contributed by atoms with Crippen molar-refractivity contribution >= 4 is 39.1 Å². The fourth-order valence-electron chi connectivity index (χ4n) is 2.15. The van der Waals surface area contributed by atoms with Gasteiger partial charge in [-0.3, -0.25) is 9.78 Å². The first kappa shape index (κ1) is 12.8. The minimum Gasteiger partial charge on any atom is -0.324 e. The number of anilines is 1. The molecule has 3 nitrogen and oxygen atoms in total. The zero-order valence-electron chi connectivity index (χ0n) is 9.65. The molecule has 0 saturated carbocycles. The van der Waals surface area contributed by atoms with Crippen LogP contribution in [0.1, 0.15) is 29.8 Å². The summed E-state index contributed by atoms with van der Waals surface area (Å²) >= 11 is 9.03. The van der Waals surface area contributed by atoms with Crippen LogP contribution in [0.4, 0.5) is 5.69 Å². The molecular formula is C12H14BrClN2O. The van der Waals surface area contributed by atoms with Crippen molar-refractivity contribution in [3.05, 3.63) is 21.4 Å². The number of alkyl halides is 1. The third kappa shape index (κ3) is 2.63. The van der Waals surface area contributed by atoms with Crippen LogP contribution in [0.5, 0.6) is 0 Å².